The molecule has 0 radical (unpaired) electrons. The topological polar surface area (TPSA) is 43.8 Å². The van der Waals surface area contributed by atoms with E-state index in [0.29, 0.717) is 5.92 Å². The van der Waals surface area contributed by atoms with E-state index in [1.54, 1.807) is 0 Å². The second-order valence-electron chi connectivity index (χ2n) is 4.98. The molecular weight excluding hydrogens is 186 g/mol. The number of imidazole rings is 1. The highest BCUT2D eigenvalue weighted by atomic mass is 15.0. The van der Waals surface area contributed by atoms with Crippen LogP contribution in [0.1, 0.15) is 44.3 Å². The van der Waals surface area contributed by atoms with Gasteiger partial charge in [0.15, 0.2) is 0 Å². The summed E-state index contributed by atoms with van der Waals surface area (Å²) in [5.74, 6) is 1.54. The molecule has 1 fully saturated rings. The molecule has 0 saturated heterocycles. The van der Waals surface area contributed by atoms with Crippen LogP contribution in [0.3, 0.4) is 0 Å². The number of aromatic nitrogens is 2. The first kappa shape index (κ1) is 10.7. The summed E-state index contributed by atoms with van der Waals surface area (Å²) in [6.45, 7) is 2.34. The molecule has 0 aromatic carbocycles. The molecule has 0 amide bonds. The third-order valence-corrected chi connectivity index (χ3v) is 3.76. The number of hydrogen-bond donors (Lipinski definition) is 1. The van der Waals surface area contributed by atoms with E-state index >= 15 is 0 Å². The van der Waals surface area contributed by atoms with E-state index in [0.717, 1.165) is 5.92 Å². The molecule has 1 aromatic rings. The zero-order valence-electron chi connectivity index (χ0n) is 9.69. The predicted molar refractivity (Wildman–Crippen MR) is 61.3 cm³/mol. The molecule has 1 aromatic heterocycles. The molecule has 0 spiro atoms. The van der Waals surface area contributed by atoms with Gasteiger partial charge in [0.05, 0.1) is 12.0 Å². The van der Waals surface area contributed by atoms with Gasteiger partial charge >= 0.3 is 0 Å². The highest BCUT2D eigenvalue weighted by molar-refractivity contribution is 5.06. The van der Waals surface area contributed by atoms with Gasteiger partial charge in [-0.1, -0.05) is 19.8 Å². The second kappa shape index (κ2) is 4.35. The summed E-state index contributed by atoms with van der Waals surface area (Å²) < 4.78 is 2.04. The molecule has 84 valence electrons. The van der Waals surface area contributed by atoms with Crippen molar-refractivity contribution >= 4 is 0 Å². The Morgan fingerprint density at radius 2 is 2.07 bits per heavy atom. The predicted octanol–water partition coefficient (Wildman–Crippen LogP) is 2.25. The molecular formula is C12H21N3. The normalized spacial score (nSPS) is 29.0. The van der Waals surface area contributed by atoms with Crippen LogP contribution in [0.25, 0.3) is 0 Å². The zero-order chi connectivity index (χ0) is 10.8. The lowest BCUT2D eigenvalue weighted by Crippen LogP contribution is -2.26. The second-order valence-corrected chi connectivity index (χ2v) is 4.98. The van der Waals surface area contributed by atoms with Gasteiger partial charge in [0.25, 0.3) is 0 Å². The Hall–Kier alpha value is -0.830. The molecule has 3 nitrogen and oxygen atoms in total. The molecule has 1 atom stereocenters. The zero-order valence-corrected chi connectivity index (χ0v) is 9.69. The standard InChI is InChI=1S/C12H21N3/c1-9-3-5-10(6-4-9)12(13)11-7-14-8-15(11)2/h7-10,12H,3-6,13H2,1-2H3. The van der Waals surface area contributed by atoms with Gasteiger partial charge in [0.2, 0.25) is 0 Å². The minimum absolute atomic E-state index is 0.171. The van der Waals surface area contributed by atoms with Gasteiger partial charge in [-0.05, 0) is 24.7 Å². The number of aryl methyl sites for hydroxylation is 1. The fourth-order valence-electron chi connectivity index (χ4n) is 2.58. The van der Waals surface area contributed by atoms with Gasteiger partial charge in [-0.25, -0.2) is 4.98 Å². The molecule has 2 N–H and O–H groups in total. The molecule has 1 aliphatic rings. The highest BCUT2D eigenvalue weighted by Crippen LogP contribution is 2.35. The fraction of sp³-hybridized carbons (Fsp3) is 0.750. The largest absolute Gasteiger partial charge is 0.336 e. The van der Waals surface area contributed by atoms with Crippen LogP contribution < -0.4 is 5.73 Å². The van der Waals surface area contributed by atoms with Gasteiger partial charge < -0.3 is 10.3 Å². The van der Waals surface area contributed by atoms with Gasteiger partial charge in [0, 0.05) is 19.3 Å². The molecule has 1 heterocycles. The Bertz CT molecular complexity index is 310. The van der Waals surface area contributed by atoms with E-state index in [1.807, 2.05) is 24.1 Å². The third-order valence-electron chi connectivity index (χ3n) is 3.76. The number of nitrogens with two attached hydrogens (primary N) is 1. The summed E-state index contributed by atoms with van der Waals surface area (Å²) in [5, 5.41) is 0. The maximum Gasteiger partial charge on any atom is 0.0946 e. The average Bonchev–Trinajstić information content (AvgIpc) is 2.65. The quantitative estimate of drug-likeness (QED) is 0.808. The van der Waals surface area contributed by atoms with Crippen molar-refractivity contribution in [1.29, 1.82) is 0 Å². The van der Waals surface area contributed by atoms with Crippen LogP contribution in [0.5, 0.6) is 0 Å². The van der Waals surface area contributed by atoms with Crippen molar-refractivity contribution in [3.63, 3.8) is 0 Å². The first-order valence-corrected chi connectivity index (χ1v) is 5.90. The van der Waals surface area contributed by atoms with Gasteiger partial charge in [-0.3, -0.25) is 0 Å². The lowest BCUT2D eigenvalue weighted by Gasteiger charge is -2.30. The number of hydrogen-bond acceptors (Lipinski definition) is 2. The Morgan fingerprint density at radius 3 is 2.60 bits per heavy atom. The molecule has 1 saturated carbocycles. The van der Waals surface area contributed by atoms with Crippen molar-refractivity contribution in [2.75, 3.05) is 0 Å². The van der Waals surface area contributed by atoms with Gasteiger partial charge in [0.1, 0.15) is 0 Å². The lowest BCUT2D eigenvalue weighted by molar-refractivity contribution is 0.252. The van der Waals surface area contributed by atoms with Crippen molar-refractivity contribution in [1.82, 2.24) is 9.55 Å². The lowest BCUT2D eigenvalue weighted by atomic mass is 9.79. The van der Waals surface area contributed by atoms with E-state index in [9.17, 15) is 0 Å². The van der Waals surface area contributed by atoms with Gasteiger partial charge in [-0.15, -0.1) is 0 Å². The maximum atomic E-state index is 6.30. The highest BCUT2D eigenvalue weighted by Gasteiger charge is 2.25. The molecule has 1 aliphatic carbocycles. The molecule has 0 bridgehead atoms. The Balaban J connectivity index is 2.02. The van der Waals surface area contributed by atoms with Crippen LogP contribution in [-0.4, -0.2) is 9.55 Å². The van der Waals surface area contributed by atoms with Crippen molar-refractivity contribution in [2.45, 2.75) is 38.6 Å². The van der Waals surface area contributed by atoms with Crippen molar-refractivity contribution < 1.29 is 0 Å². The van der Waals surface area contributed by atoms with E-state index < -0.39 is 0 Å². The SMILES string of the molecule is CC1CCC(C(N)c2cncn2C)CC1. The Labute approximate surface area is 91.7 Å². The minimum Gasteiger partial charge on any atom is -0.336 e. The summed E-state index contributed by atoms with van der Waals surface area (Å²) in [7, 11) is 2.02. The monoisotopic (exact) mass is 207 g/mol. The first-order chi connectivity index (χ1) is 7.18. The molecule has 1 unspecified atom stereocenters. The summed E-state index contributed by atoms with van der Waals surface area (Å²) in [6, 6.07) is 0.171. The fourth-order valence-corrected chi connectivity index (χ4v) is 2.58. The van der Waals surface area contributed by atoms with Gasteiger partial charge in [-0.2, -0.15) is 0 Å². The summed E-state index contributed by atoms with van der Waals surface area (Å²) in [5.41, 5.74) is 7.48. The molecule has 0 aliphatic heterocycles. The molecule has 2 rings (SSSR count). The third kappa shape index (κ3) is 2.23. The van der Waals surface area contributed by atoms with E-state index in [2.05, 4.69) is 11.9 Å². The Kier molecular flexibility index (Phi) is 3.10. The summed E-state index contributed by atoms with van der Waals surface area (Å²) >= 11 is 0. The van der Waals surface area contributed by atoms with Crippen LogP contribution in [0.15, 0.2) is 12.5 Å². The van der Waals surface area contributed by atoms with Crippen LogP contribution >= 0.6 is 0 Å². The summed E-state index contributed by atoms with van der Waals surface area (Å²) in [6.07, 6.45) is 8.94. The van der Waals surface area contributed by atoms with Crippen LogP contribution in [0.4, 0.5) is 0 Å². The maximum absolute atomic E-state index is 6.30. The number of nitrogens with zero attached hydrogens (tertiary/aromatic N) is 2. The average molecular weight is 207 g/mol. The van der Waals surface area contributed by atoms with Crippen LogP contribution in [-0.2, 0) is 7.05 Å². The Morgan fingerprint density at radius 1 is 1.40 bits per heavy atom. The number of rotatable bonds is 2. The first-order valence-electron chi connectivity index (χ1n) is 5.90. The van der Waals surface area contributed by atoms with E-state index in [1.165, 1.54) is 31.4 Å². The van der Waals surface area contributed by atoms with Crippen molar-refractivity contribution in [3.8, 4) is 0 Å². The summed E-state index contributed by atoms with van der Waals surface area (Å²) in [4.78, 5) is 4.14. The smallest absolute Gasteiger partial charge is 0.0946 e. The minimum atomic E-state index is 0.171. The van der Waals surface area contributed by atoms with E-state index in [-0.39, 0.29) is 6.04 Å². The van der Waals surface area contributed by atoms with Crippen molar-refractivity contribution in [3.05, 3.63) is 18.2 Å². The van der Waals surface area contributed by atoms with E-state index in [4.69, 9.17) is 5.73 Å². The van der Waals surface area contributed by atoms with Crippen LogP contribution in [0.2, 0.25) is 0 Å². The van der Waals surface area contributed by atoms with Crippen molar-refractivity contribution in [2.24, 2.45) is 24.6 Å². The molecule has 15 heavy (non-hydrogen) atoms. The van der Waals surface area contributed by atoms with Crippen LogP contribution in [0, 0.1) is 11.8 Å². The molecule has 3 heteroatoms.